The molecule has 0 radical (unpaired) electrons. The van der Waals surface area contributed by atoms with E-state index in [0.29, 0.717) is 23.4 Å². The number of benzene rings is 1. The molecule has 124 valence electrons. The number of fused-ring (bicyclic) bond motifs is 1. The molecule has 6 nitrogen and oxygen atoms in total. The predicted molar refractivity (Wildman–Crippen MR) is 90.5 cm³/mol. The fourth-order valence-corrected chi connectivity index (χ4v) is 2.50. The molecular weight excluding hydrogens is 294 g/mol. The number of carbonyl (C=O) groups excluding carboxylic acids is 1. The lowest BCUT2D eigenvalue weighted by Gasteiger charge is -2.10. The van der Waals surface area contributed by atoms with Crippen LogP contribution in [0.25, 0.3) is 10.9 Å². The highest BCUT2D eigenvalue weighted by molar-refractivity contribution is 5.78. The molecule has 0 fully saturated rings. The van der Waals surface area contributed by atoms with Crippen molar-refractivity contribution in [3.63, 3.8) is 0 Å². The summed E-state index contributed by atoms with van der Waals surface area (Å²) in [5.41, 5.74) is -0.338. The third-order valence-electron chi connectivity index (χ3n) is 3.75. The van der Waals surface area contributed by atoms with Gasteiger partial charge < -0.3 is 5.32 Å². The first kappa shape index (κ1) is 17.0. The molecule has 0 bridgehead atoms. The Labute approximate surface area is 134 Å². The van der Waals surface area contributed by atoms with Crippen LogP contribution in [-0.4, -0.2) is 22.0 Å². The summed E-state index contributed by atoms with van der Waals surface area (Å²) in [7, 11) is 0. The predicted octanol–water partition coefficient (Wildman–Crippen LogP) is 1.63. The standard InChI is InChI=1S/C17H23N3O3/c1-12(2)6-5-10-18-15(21)9-11-20-14-8-4-3-7-13(14)16(22)19-17(20)23/h3-4,7-8,12H,5-6,9-11H2,1-2H3,(H,18,21)(H,19,22,23). The summed E-state index contributed by atoms with van der Waals surface area (Å²) in [6.45, 7) is 5.19. The molecule has 6 heteroatoms. The third kappa shape index (κ3) is 4.55. The topological polar surface area (TPSA) is 84.0 Å². The molecule has 0 saturated carbocycles. The Morgan fingerprint density at radius 2 is 2.00 bits per heavy atom. The average molecular weight is 317 g/mol. The fourth-order valence-electron chi connectivity index (χ4n) is 2.50. The van der Waals surface area contributed by atoms with Crippen LogP contribution in [0.4, 0.5) is 0 Å². The number of nitrogens with zero attached hydrogens (tertiary/aromatic N) is 1. The molecule has 0 atom stereocenters. The zero-order chi connectivity index (χ0) is 16.8. The average Bonchev–Trinajstić information content (AvgIpc) is 2.51. The Kier molecular flexibility index (Phi) is 5.73. The third-order valence-corrected chi connectivity index (χ3v) is 3.75. The van der Waals surface area contributed by atoms with Gasteiger partial charge in [0.05, 0.1) is 10.9 Å². The summed E-state index contributed by atoms with van der Waals surface area (Å²) in [5.74, 6) is 0.536. The van der Waals surface area contributed by atoms with Crippen molar-refractivity contribution in [2.24, 2.45) is 5.92 Å². The second kappa shape index (κ2) is 7.76. The molecule has 2 N–H and O–H groups in total. The largest absolute Gasteiger partial charge is 0.356 e. The van der Waals surface area contributed by atoms with Gasteiger partial charge in [0, 0.05) is 19.5 Å². The van der Waals surface area contributed by atoms with Gasteiger partial charge in [-0.3, -0.25) is 19.1 Å². The number of hydrogen-bond acceptors (Lipinski definition) is 3. The minimum atomic E-state index is -0.485. The van der Waals surface area contributed by atoms with E-state index >= 15 is 0 Å². The van der Waals surface area contributed by atoms with Crippen LogP contribution in [-0.2, 0) is 11.3 Å². The van der Waals surface area contributed by atoms with Gasteiger partial charge in [0.2, 0.25) is 5.91 Å². The van der Waals surface area contributed by atoms with Crippen molar-refractivity contribution in [2.75, 3.05) is 6.54 Å². The van der Waals surface area contributed by atoms with Gasteiger partial charge in [-0.2, -0.15) is 0 Å². The Bertz CT molecular complexity index is 790. The molecule has 0 unspecified atom stereocenters. The number of nitrogens with one attached hydrogen (secondary N) is 2. The van der Waals surface area contributed by atoms with Crippen molar-refractivity contribution >= 4 is 16.8 Å². The van der Waals surface area contributed by atoms with Crippen LogP contribution >= 0.6 is 0 Å². The van der Waals surface area contributed by atoms with Crippen molar-refractivity contribution in [1.82, 2.24) is 14.9 Å². The van der Waals surface area contributed by atoms with Gasteiger partial charge in [0.15, 0.2) is 0 Å². The Morgan fingerprint density at radius 1 is 1.26 bits per heavy atom. The molecular formula is C17H23N3O3. The molecule has 0 spiro atoms. The van der Waals surface area contributed by atoms with Crippen molar-refractivity contribution in [3.8, 4) is 0 Å². The van der Waals surface area contributed by atoms with E-state index < -0.39 is 11.2 Å². The second-order valence-electron chi connectivity index (χ2n) is 6.06. The first-order valence-corrected chi connectivity index (χ1v) is 7.97. The zero-order valence-corrected chi connectivity index (χ0v) is 13.6. The maximum Gasteiger partial charge on any atom is 0.328 e. The molecule has 2 aromatic rings. The van der Waals surface area contributed by atoms with Crippen LogP contribution in [0.2, 0.25) is 0 Å². The van der Waals surface area contributed by atoms with Gasteiger partial charge in [0.1, 0.15) is 0 Å². The van der Waals surface area contributed by atoms with E-state index in [1.165, 1.54) is 4.57 Å². The monoisotopic (exact) mass is 317 g/mol. The molecule has 23 heavy (non-hydrogen) atoms. The maximum atomic E-state index is 12.0. The molecule has 1 heterocycles. The Morgan fingerprint density at radius 3 is 2.74 bits per heavy atom. The van der Waals surface area contributed by atoms with Gasteiger partial charge in [-0.15, -0.1) is 0 Å². The van der Waals surface area contributed by atoms with E-state index in [9.17, 15) is 14.4 Å². The minimum absolute atomic E-state index is 0.0871. The number of carbonyl (C=O) groups is 1. The van der Waals surface area contributed by atoms with Crippen molar-refractivity contribution in [3.05, 3.63) is 45.1 Å². The highest BCUT2D eigenvalue weighted by Gasteiger charge is 2.08. The van der Waals surface area contributed by atoms with Crippen LogP contribution in [0.5, 0.6) is 0 Å². The van der Waals surface area contributed by atoms with Gasteiger partial charge in [-0.1, -0.05) is 26.0 Å². The quantitative estimate of drug-likeness (QED) is 0.761. The molecule has 1 aromatic heterocycles. The van der Waals surface area contributed by atoms with Crippen LogP contribution in [0.3, 0.4) is 0 Å². The highest BCUT2D eigenvalue weighted by atomic mass is 16.2. The van der Waals surface area contributed by atoms with E-state index in [-0.39, 0.29) is 18.9 Å². The number of para-hydroxylation sites is 1. The lowest BCUT2D eigenvalue weighted by molar-refractivity contribution is -0.121. The summed E-state index contributed by atoms with van der Waals surface area (Å²) in [5, 5.41) is 3.31. The Hall–Kier alpha value is -2.37. The van der Waals surface area contributed by atoms with Crippen LogP contribution < -0.4 is 16.6 Å². The minimum Gasteiger partial charge on any atom is -0.356 e. The summed E-state index contributed by atoms with van der Waals surface area (Å²) in [6.07, 6.45) is 2.23. The van der Waals surface area contributed by atoms with E-state index in [1.54, 1.807) is 24.3 Å². The first-order valence-electron chi connectivity index (χ1n) is 7.97. The number of amides is 1. The molecule has 0 aliphatic rings. The van der Waals surface area contributed by atoms with Crippen molar-refractivity contribution < 1.29 is 4.79 Å². The van der Waals surface area contributed by atoms with E-state index in [2.05, 4.69) is 24.1 Å². The lowest BCUT2D eigenvalue weighted by atomic mass is 10.1. The van der Waals surface area contributed by atoms with Gasteiger partial charge in [-0.25, -0.2) is 4.79 Å². The summed E-state index contributed by atoms with van der Waals surface area (Å²) < 4.78 is 1.43. The summed E-state index contributed by atoms with van der Waals surface area (Å²) in [4.78, 5) is 37.9. The molecule has 2 rings (SSSR count). The van der Waals surface area contributed by atoms with Gasteiger partial charge in [0.25, 0.3) is 5.56 Å². The molecule has 0 aliphatic heterocycles. The summed E-state index contributed by atoms with van der Waals surface area (Å²) in [6, 6.07) is 6.89. The number of H-pyrrole nitrogens is 1. The van der Waals surface area contributed by atoms with E-state index in [4.69, 9.17) is 0 Å². The van der Waals surface area contributed by atoms with E-state index in [0.717, 1.165) is 12.8 Å². The molecule has 1 aromatic carbocycles. The molecule has 0 aliphatic carbocycles. The fraction of sp³-hybridized carbons (Fsp3) is 0.471. The van der Waals surface area contributed by atoms with Crippen molar-refractivity contribution in [1.29, 1.82) is 0 Å². The maximum absolute atomic E-state index is 12.0. The number of aromatic amines is 1. The second-order valence-corrected chi connectivity index (χ2v) is 6.06. The van der Waals surface area contributed by atoms with Gasteiger partial charge in [-0.05, 0) is 30.9 Å². The number of aromatic nitrogens is 2. The lowest BCUT2D eigenvalue weighted by Crippen LogP contribution is -2.32. The van der Waals surface area contributed by atoms with Gasteiger partial charge >= 0.3 is 5.69 Å². The molecule has 1 amide bonds. The number of aryl methyl sites for hydroxylation is 1. The SMILES string of the molecule is CC(C)CCCNC(=O)CCn1c(=O)[nH]c(=O)c2ccccc21. The van der Waals surface area contributed by atoms with Crippen LogP contribution in [0, 0.1) is 5.92 Å². The van der Waals surface area contributed by atoms with Crippen molar-refractivity contribution in [2.45, 2.75) is 39.7 Å². The normalized spacial score (nSPS) is 11.1. The van der Waals surface area contributed by atoms with Crippen LogP contribution in [0.15, 0.2) is 33.9 Å². The summed E-state index contributed by atoms with van der Waals surface area (Å²) >= 11 is 0. The number of rotatable bonds is 7. The highest BCUT2D eigenvalue weighted by Crippen LogP contribution is 2.07. The Balaban J connectivity index is 2.01. The van der Waals surface area contributed by atoms with E-state index in [1.807, 2.05) is 0 Å². The first-order chi connectivity index (χ1) is 11.0. The smallest absolute Gasteiger partial charge is 0.328 e. The molecule has 0 saturated heterocycles. The number of hydrogen-bond donors (Lipinski definition) is 2. The van der Waals surface area contributed by atoms with Crippen LogP contribution in [0.1, 0.15) is 33.1 Å². The zero-order valence-electron chi connectivity index (χ0n) is 13.6.